The minimum Gasteiger partial charge on any atom is -0.369 e. The summed E-state index contributed by atoms with van der Waals surface area (Å²) in [5.41, 5.74) is 2.54. The van der Waals surface area contributed by atoms with Crippen molar-refractivity contribution in [3.05, 3.63) is 29.3 Å². The van der Waals surface area contributed by atoms with E-state index in [2.05, 4.69) is 4.74 Å². The van der Waals surface area contributed by atoms with Crippen LogP contribution >= 0.6 is 0 Å². The van der Waals surface area contributed by atoms with E-state index in [4.69, 9.17) is 0 Å². The van der Waals surface area contributed by atoms with E-state index in [-0.39, 0.29) is 12.3 Å². The molecular formula is C14H16F3NO2. The third-order valence-corrected chi connectivity index (χ3v) is 3.33. The topological polar surface area (TPSA) is 29.5 Å². The van der Waals surface area contributed by atoms with Crippen LogP contribution in [0.5, 0.6) is 0 Å². The lowest BCUT2D eigenvalue weighted by Crippen LogP contribution is -2.33. The second kappa shape index (κ2) is 5.83. The van der Waals surface area contributed by atoms with Crippen molar-refractivity contribution >= 4 is 11.5 Å². The molecule has 0 aliphatic carbocycles. The summed E-state index contributed by atoms with van der Waals surface area (Å²) in [5.74, 6) is -0.00896. The highest BCUT2D eigenvalue weighted by atomic mass is 19.4. The van der Waals surface area contributed by atoms with Gasteiger partial charge < -0.3 is 4.90 Å². The van der Waals surface area contributed by atoms with E-state index in [1.807, 2.05) is 11.0 Å². The highest BCUT2D eigenvalue weighted by Crippen LogP contribution is 2.28. The highest BCUT2D eigenvalue weighted by molar-refractivity contribution is 5.94. The van der Waals surface area contributed by atoms with Gasteiger partial charge in [-0.1, -0.05) is 0 Å². The molecule has 1 aromatic carbocycles. The zero-order chi connectivity index (χ0) is 14.8. The number of ketones is 1. The van der Waals surface area contributed by atoms with Crippen molar-refractivity contribution in [1.82, 2.24) is 0 Å². The van der Waals surface area contributed by atoms with Crippen LogP contribution in [0.1, 0.15) is 29.3 Å². The number of nitrogens with zero attached hydrogens (tertiary/aromatic N) is 1. The van der Waals surface area contributed by atoms with Crippen molar-refractivity contribution in [3.8, 4) is 0 Å². The fourth-order valence-electron chi connectivity index (χ4n) is 2.40. The molecule has 20 heavy (non-hydrogen) atoms. The number of anilines is 1. The summed E-state index contributed by atoms with van der Waals surface area (Å²) in [7, 11) is 0. The molecule has 110 valence electrons. The Bertz CT molecular complexity index is 500. The molecule has 6 heteroatoms. The molecule has 0 fully saturated rings. The molecule has 0 unspecified atom stereocenters. The lowest BCUT2D eigenvalue weighted by atomic mass is 9.98. The van der Waals surface area contributed by atoms with Gasteiger partial charge in [0.05, 0.1) is 6.61 Å². The lowest BCUT2D eigenvalue weighted by Gasteiger charge is -2.31. The predicted octanol–water partition coefficient (Wildman–Crippen LogP) is 3.18. The summed E-state index contributed by atoms with van der Waals surface area (Å²) in [4.78, 5) is 13.2. The van der Waals surface area contributed by atoms with Crippen molar-refractivity contribution in [2.75, 3.05) is 24.6 Å². The molecule has 0 amide bonds. The number of Topliss-reactive ketones (excluding diaryl/α,β-unsaturated/α-hetero) is 1. The van der Waals surface area contributed by atoms with Crippen LogP contribution in [0.2, 0.25) is 0 Å². The number of carbonyl (C=O) groups is 1. The number of hydrogen-bond acceptors (Lipinski definition) is 3. The van der Waals surface area contributed by atoms with E-state index >= 15 is 0 Å². The molecule has 0 atom stereocenters. The zero-order valence-corrected chi connectivity index (χ0v) is 11.2. The van der Waals surface area contributed by atoms with Crippen molar-refractivity contribution in [2.45, 2.75) is 26.1 Å². The first-order valence-electron chi connectivity index (χ1n) is 6.46. The van der Waals surface area contributed by atoms with Crippen molar-refractivity contribution < 1.29 is 22.7 Å². The Kier molecular flexibility index (Phi) is 4.32. The number of ether oxygens (including phenoxy) is 1. The molecule has 0 saturated heterocycles. The number of halogens is 3. The van der Waals surface area contributed by atoms with Gasteiger partial charge in [0, 0.05) is 24.3 Å². The Morgan fingerprint density at radius 3 is 2.80 bits per heavy atom. The van der Waals surface area contributed by atoms with Crippen LogP contribution in [0.25, 0.3) is 0 Å². The molecular weight excluding hydrogens is 271 g/mol. The molecule has 1 aliphatic heterocycles. The van der Waals surface area contributed by atoms with Crippen LogP contribution in [0.4, 0.5) is 18.9 Å². The van der Waals surface area contributed by atoms with E-state index in [9.17, 15) is 18.0 Å². The van der Waals surface area contributed by atoms with Gasteiger partial charge in [-0.15, -0.1) is 13.2 Å². The van der Waals surface area contributed by atoms with Gasteiger partial charge >= 0.3 is 6.36 Å². The molecule has 0 spiro atoms. The molecule has 0 N–H and O–H groups in total. The summed E-state index contributed by atoms with van der Waals surface area (Å²) in [5, 5.41) is 0. The van der Waals surface area contributed by atoms with Gasteiger partial charge in [-0.05, 0) is 43.5 Å². The van der Waals surface area contributed by atoms with Gasteiger partial charge in [-0.2, -0.15) is 0 Å². The SMILES string of the molecule is CC(=O)c1ccc2c(c1)CCCN2CCOC(F)(F)F. The van der Waals surface area contributed by atoms with Gasteiger partial charge in [-0.25, -0.2) is 0 Å². The van der Waals surface area contributed by atoms with E-state index < -0.39 is 13.0 Å². The smallest absolute Gasteiger partial charge is 0.369 e. The first-order valence-corrected chi connectivity index (χ1v) is 6.46. The molecule has 0 saturated carbocycles. The standard InChI is InChI=1S/C14H16F3NO2/c1-10(19)11-4-5-13-12(9-11)3-2-6-18(13)7-8-20-14(15,16)17/h4-5,9H,2-3,6-8H2,1H3. The molecule has 3 nitrogen and oxygen atoms in total. The Balaban J connectivity index is 2.07. The fourth-order valence-corrected chi connectivity index (χ4v) is 2.40. The van der Waals surface area contributed by atoms with E-state index in [1.165, 1.54) is 6.92 Å². The molecule has 1 heterocycles. The minimum absolute atomic E-state index is 0.00896. The minimum atomic E-state index is -4.59. The zero-order valence-electron chi connectivity index (χ0n) is 11.2. The van der Waals surface area contributed by atoms with E-state index in [0.29, 0.717) is 12.1 Å². The van der Waals surface area contributed by atoms with Crippen LogP contribution in [-0.2, 0) is 11.2 Å². The van der Waals surface area contributed by atoms with E-state index in [1.54, 1.807) is 12.1 Å². The molecule has 0 radical (unpaired) electrons. The summed E-state index contributed by atoms with van der Waals surface area (Å²) < 4.78 is 39.7. The lowest BCUT2D eigenvalue weighted by molar-refractivity contribution is -0.323. The van der Waals surface area contributed by atoms with Crippen molar-refractivity contribution in [2.24, 2.45) is 0 Å². The Morgan fingerprint density at radius 1 is 1.40 bits per heavy atom. The second-order valence-corrected chi connectivity index (χ2v) is 4.78. The van der Waals surface area contributed by atoms with Crippen molar-refractivity contribution in [1.29, 1.82) is 0 Å². The summed E-state index contributed by atoms with van der Waals surface area (Å²) in [6.07, 6.45) is -2.88. The third kappa shape index (κ3) is 3.72. The van der Waals surface area contributed by atoms with Crippen LogP contribution in [-0.4, -0.2) is 31.8 Å². The average molecular weight is 287 g/mol. The number of hydrogen-bond donors (Lipinski definition) is 0. The van der Waals surface area contributed by atoms with Gasteiger partial charge in [0.2, 0.25) is 0 Å². The van der Waals surface area contributed by atoms with Gasteiger partial charge in [0.15, 0.2) is 5.78 Å². The molecule has 2 rings (SSSR count). The van der Waals surface area contributed by atoms with Crippen LogP contribution in [0.3, 0.4) is 0 Å². The third-order valence-electron chi connectivity index (χ3n) is 3.33. The molecule has 1 aromatic rings. The molecule has 1 aliphatic rings. The number of benzene rings is 1. The first-order chi connectivity index (χ1) is 9.37. The monoisotopic (exact) mass is 287 g/mol. The van der Waals surface area contributed by atoms with Crippen LogP contribution in [0, 0.1) is 0 Å². The van der Waals surface area contributed by atoms with E-state index in [0.717, 1.165) is 24.1 Å². The molecule has 0 aromatic heterocycles. The quantitative estimate of drug-likeness (QED) is 0.797. The maximum atomic E-state index is 12.0. The summed E-state index contributed by atoms with van der Waals surface area (Å²) in [6.45, 7) is 2.00. The number of rotatable bonds is 4. The number of carbonyl (C=O) groups excluding carboxylic acids is 1. The number of aryl methyl sites for hydroxylation is 1. The van der Waals surface area contributed by atoms with Gasteiger partial charge in [0.25, 0.3) is 0 Å². The maximum absolute atomic E-state index is 12.0. The Labute approximate surface area is 115 Å². The summed E-state index contributed by atoms with van der Waals surface area (Å²) in [6, 6.07) is 5.34. The average Bonchev–Trinajstić information content (AvgIpc) is 2.36. The first kappa shape index (κ1) is 14.8. The van der Waals surface area contributed by atoms with Crippen LogP contribution < -0.4 is 4.90 Å². The number of alkyl halides is 3. The summed E-state index contributed by atoms with van der Waals surface area (Å²) >= 11 is 0. The second-order valence-electron chi connectivity index (χ2n) is 4.78. The predicted molar refractivity (Wildman–Crippen MR) is 69.0 cm³/mol. The van der Waals surface area contributed by atoms with Gasteiger partial charge in [-0.3, -0.25) is 9.53 Å². The fraction of sp³-hybridized carbons (Fsp3) is 0.500. The van der Waals surface area contributed by atoms with Gasteiger partial charge in [0.1, 0.15) is 0 Å². The largest absolute Gasteiger partial charge is 0.522 e. The van der Waals surface area contributed by atoms with Crippen LogP contribution in [0.15, 0.2) is 18.2 Å². The Morgan fingerprint density at radius 2 is 2.15 bits per heavy atom. The molecule has 0 bridgehead atoms. The van der Waals surface area contributed by atoms with Crippen molar-refractivity contribution in [3.63, 3.8) is 0 Å². The highest BCUT2D eigenvalue weighted by Gasteiger charge is 2.29. The maximum Gasteiger partial charge on any atom is 0.522 e. The normalized spacial score (nSPS) is 15.1. The number of fused-ring (bicyclic) bond motifs is 1. The Hall–Kier alpha value is -1.56.